The van der Waals surface area contributed by atoms with Crippen molar-refractivity contribution in [3.8, 4) is 0 Å². The first-order valence-electron chi connectivity index (χ1n) is 5.10. The molecule has 0 bridgehead atoms. The lowest BCUT2D eigenvalue weighted by atomic mass is 10.1. The summed E-state index contributed by atoms with van der Waals surface area (Å²) in [6.07, 6.45) is -1.40. The molecule has 0 unspecified atom stereocenters. The van der Waals surface area contributed by atoms with Crippen LogP contribution in [-0.2, 0) is 14.3 Å². The summed E-state index contributed by atoms with van der Waals surface area (Å²) in [6, 6.07) is -0.861. The zero-order chi connectivity index (χ0) is 13.6. The van der Waals surface area contributed by atoms with Gasteiger partial charge in [0.15, 0.2) is 0 Å². The van der Waals surface area contributed by atoms with Crippen LogP contribution < -0.4 is 11.1 Å². The van der Waals surface area contributed by atoms with Crippen molar-refractivity contribution in [2.75, 3.05) is 0 Å². The number of rotatable bonds is 5. The van der Waals surface area contributed by atoms with E-state index in [-0.39, 0.29) is 12.8 Å². The second-order valence-electron chi connectivity index (χ2n) is 4.61. The van der Waals surface area contributed by atoms with E-state index in [1.807, 2.05) is 0 Å². The molecule has 0 aliphatic carbocycles. The number of nitrogens with one attached hydrogen (secondary N) is 1. The molecule has 0 spiro atoms. The first-order valence-corrected chi connectivity index (χ1v) is 5.10. The summed E-state index contributed by atoms with van der Waals surface area (Å²) in [5.41, 5.74) is 4.26. The van der Waals surface area contributed by atoms with E-state index >= 15 is 0 Å². The van der Waals surface area contributed by atoms with E-state index < -0.39 is 29.6 Å². The summed E-state index contributed by atoms with van der Waals surface area (Å²) in [6.45, 7) is 5.02. The molecule has 0 saturated heterocycles. The number of carboxylic acid groups (broad SMARTS) is 1. The highest BCUT2D eigenvalue weighted by Gasteiger charge is 2.22. The lowest BCUT2D eigenvalue weighted by Gasteiger charge is -2.22. The van der Waals surface area contributed by atoms with Gasteiger partial charge in [0.2, 0.25) is 5.91 Å². The first kappa shape index (κ1) is 15.2. The minimum absolute atomic E-state index is 0.245. The van der Waals surface area contributed by atoms with Crippen molar-refractivity contribution in [3.63, 3.8) is 0 Å². The Hall–Kier alpha value is -1.79. The number of alkyl carbamates (subject to hydrolysis) is 1. The van der Waals surface area contributed by atoms with E-state index in [0.29, 0.717) is 0 Å². The second-order valence-corrected chi connectivity index (χ2v) is 4.61. The maximum Gasteiger partial charge on any atom is 0.407 e. The van der Waals surface area contributed by atoms with Gasteiger partial charge in [-0.15, -0.1) is 0 Å². The van der Waals surface area contributed by atoms with Crippen molar-refractivity contribution in [2.45, 2.75) is 45.3 Å². The van der Waals surface area contributed by atoms with Crippen LogP contribution in [0.1, 0.15) is 33.6 Å². The number of hydrogen-bond donors (Lipinski definition) is 3. The second kappa shape index (κ2) is 6.07. The van der Waals surface area contributed by atoms with Gasteiger partial charge in [0.05, 0.1) is 12.5 Å². The van der Waals surface area contributed by atoms with E-state index in [1.165, 1.54) is 0 Å². The fraction of sp³-hybridized carbons (Fsp3) is 0.700. The summed E-state index contributed by atoms with van der Waals surface area (Å²) < 4.78 is 4.94. The molecule has 0 radical (unpaired) electrons. The van der Waals surface area contributed by atoms with Gasteiger partial charge in [-0.05, 0) is 20.8 Å². The van der Waals surface area contributed by atoms with Crippen molar-refractivity contribution in [1.82, 2.24) is 5.32 Å². The Morgan fingerprint density at radius 3 is 2.18 bits per heavy atom. The van der Waals surface area contributed by atoms with Crippen LogP contribution in [0.3, 0.4) is 0 Å². The molecule has 0 saturated carbocycles. The van der Waals surface area contributed by atoms with Gasteiger partial charge in [0.25, 0.3) is 0 Å². The molecule has 1 atom stereocenters. The molecule has 4 N–H and O–H groups in total. The Morgan fingerprint density at radius 1 is 1.29 bits per heavy atom. The Balaban J connectivity index is 4.37. The standard InChI is InChI=1S/C10H18N2O5/c1-10(2,3)17-9(16)12-6(4-7(11)13)5-8(14)15/h6H,4-5H2,1-3H3,(H2,11,13)(H,12,16)(H,14,15)/t6-/m0/s1. The molecular formula is C10H18N2O5. The number of aliphatic carboxylic acids is 1. The maximum absolute atomic E-state index is 11.4. The van der Waals surface area contributed by atoms with Crippen LogP contribution in [0.25, 0.3) is 0 Å². The Bertz CT molecular complexity index is 292. The van der Waals surface area contributed by atoms with Crippen molar-refractivity contribution in [2.24, 2.45) is 5.73 Å². The fourth-order valence-electron chi connectivity index (χ4n) is 1.10. The molecule has 98 valence electrons. The topological polar surface area (TPSA) is 119 Å². The van der Waals surface area contributed by atoms with Gasteiger partial charge in [-0.1, -0.05) is 0 Å². The molecule has 0 aliphatic rings. The maximum atomic E-state index is 11.4. The van der Waals surface area contributed by atoms with E-state index in [9.17, 15) is 14.4 Å². The third-order valence-corrected chi connectivity index (χ3v) is 1.59. The fourth-order valence-corrected chi connectivity index (χ4v) is 1.10. The monoisotopic (exact) mass is 246 g/mol. The zero-order valence-electron chi connectivity index (χ0n) is 10.1. The van der Waals surface area contributed by atoms with E-state index in [0.717, 1.165) is 0 Å². The average Bonchev–Trinajstić information content (AvgIpc) is 1.95. The van der Waals surface area contributed by atoms with E-state index in [2.05, 4.69) is 5.32 Å². The van der Waals surface area contributed by atoms with Gasteiger partial charge in [0.1, 0.15) is 5.60 Å². The third kappa shape index (κ3) is 9.16. The molecule has 0 fully saturated rings. The molecule has 0 rings (SSSR count). The number of ether oxygens (including phenoxy) is 1. The number of nitrogens with two attached hydrogens (primary N) is 1. The number of primary amides is 1. The van der Waals surface area contributed by atoms with Gasteiger partial charge in [-0.3, -0.25) is 9.59 Å². The van der Waals surface area contributed by atoms with Crippen LogP contribution >= 0.6 is 0 Å². The van der Waals surface area contributed by atoms with Crippen molar-refractivity contribution in [1.29, 1.82) is 0 Å². The number of hydrogen-bond acceptors (Lipinski definition) is 4. The molecule has 0 aromatic rings. The zero-order valence-corrected chi connectivity index (χ0v) is 10.1. The first-order chi connectivity index (χ1) is 7.60. The largest absolute Gasteiger partial charge is 0.481 e. The molecule has 0 aromatic carbocycles. The van der Waals surface area contributed by atoms with Crippen LogP contribution in [0.2, 0.25) is 0 Å². The molecule has 0 aromatic heterocycles. The Labute approximate surface area is 99.3 Å². The average molecular weight is 246 g/mol. The predicted molar refractivity (Wildman–Crippen MR) is 59.2 cm³/mol. The molecule has 7 heteroatoms. The lowest BCUT2D eigenvalue weighted by molar-refractivity contribution is -0.137. The minimum atomic E-state index is -1.13. The van der Waals surface area contributed by atoms with Crippen molar-refractivity contribution in [3.05, 3.63) is 0 Å². The van der Waals surface area contributed by atoms with E-state index in [4.69, 9.17) is 15.6 Å². The minimum Gasteiger partial charge on any atom is -0.481 e. The smallest absolute Gasteiger partial charge is 0.407 e. The van der Waals surface area contributed by atoms with Crippen molar-refractivity contribution >= 4 is 18.0 Å². The van der Waals surface area contributed by atoms with Gasteiger partial charge >= 0.3 is 12.1 Å². The van der Waals surface area contributed by atoms with Gasteiger partial charge in [0, 0.05) is 6.42 Å². The highest BCUT2D eigenvalue weighted by Crippen LogP contribution is 2.08. The van der Waals surface area contributed by atoms with Gasteiger partial charge in [-0.2, -0.15) is 0 Å². The summed E-state index contributed by atoms with van der Waals surface area (Å²) >= 11 is 0. The highest BCUT2D eigenvalue weighted by atomic mass is 16.6. The Morgan fingerprint density at radius 2 is 1.82 bits per heavy atom. The SMILES string of the molecule is CC(C)(C)OC(=O)N[C@@H](CC(N)=O)CC(=O)O. The highest BCUT2D eigenvalue weighted by molar-refractivity contribution is 5.78. The molecular weight excluding hydrogens is 228 g/mol. The normalized spacial score (nSPS) is 12.6. The summed E-state index contributed by atoms with van der Waals surface area (Å²) in [5.74, 6) is -1.82. The lowest BCUT2D eigenvalue weighted by Crippen LogP contribution is -2.42. The molecule has 2 amide bonds. The van der Waals surface area contributed by atoms with Gasteiger partial charge in [-0.25, -0.2) is 4.79 Å². The number of carbonyl (C=O) groups is 3. The number of carbonyl (C=O) groups excluding carboxylic acids is 2. The summed E-state index contributed by atoms with van der Waals surface area (Å²) in [5, 5.41) is 10.9. The van der Waals surface area contributed by atoms with Crippen molar-refractivity contribution < 1.29 is 24.2 Å². The summed E-state index contributed by atoms with van der Waals surface area (Å²) in [7, 11) is 0. The number of carboxylic acids is 1. The van der Waals surface area contributed by atoms with Crippen LogP contribution in [0.4, 0.5) is 4.79 Å². The van der Waals surface area contributed by atoms with Crippen LogP contribution in [0.5, 0.6) is 0 Å². The van der Waals surface area contributed by atoms with E-state index in [1.54, 1.807) is 20.8 Å². The van der Waals surface area contributed by atoms with Crippen LogP contribution in [-0.4, -0.2) is 34.7 Å². The molecule has 7 nitrogen and oxygen atoms in total. The quantitative estimate of drug-likeness (QED) is 0.641. The van der Waals surface area contributed by atoms with Crippen LogP contribution in [0, 0.1) is 0 Å². The molecule has 17 heavy (non-hydrogen) atoms. The predicted octanol–water partition coefficient (Wildman–Crippen LogP) is 0.230. The number of amides is 2. The third-order valence-electron chi connectivity index (χ3n) is 1.59. The molecule has 0 heterocycles. The summed E-state index contributed by atoms with van der Waals surface area (Å²) in [4.78, 5) is 32.6. The molecule has 0 aliphatic heterocycles. The Kier molecular flexibility index (Phi) is 5.43. The van der Waals surface area contributed by atoms with Crippen LogP contribution in [0.15, 0.2) is 0 Å². The van der Waals surface area contributed by atoms with Gasteiger partial charge < -0.3 is 20.9 Å².